The van der Waals surface area contributed by atoms with Gasteiger partial charge in [0.2, 0.25) is 9.70 Å². The number of halogens is 3. The molecule has 0 aliphatic carbocycles. The highest BCUT2D eigenvalue weighted by molar-refractivity contribution is 6.69. The summed E-state index contributed by atoms with van der Waals surface area (Å²) >= 11 is 16.7. The first-order valence-electron chi connectivity index (χ1n) is 4.93. The number of hydrogen-bond donors (Lipinski definition) is 2. The SMILES string of the molecule is N=C(OCc1ccccc1)C(C(N)=O)C(Cl)(Cl)Cl. The second-order valence-corrected chi connectivity index (χ2v) is 5.88. The lowest BCUT2D eigenvalue weighted by atomic mass is 10.1. The van der Waals surface area contributed by atoms with Crippen LogP contribution in [0.25, 0.3) is 0 Å². The molecule has 1 aromatic carbocycles. The van der Waals surface area contributed by atoms with Crippen LogP contribution in [-0.2, 0) is 16.1 Å². The van der Waals surface area contributed by atoms with E-state index in [1.165, 1.54) is 0 Å². The van der Waals surface area contributed by atoms with Crippen molar-refractivity contribution < 1.29 is 9.53 Å². The number of rotatable bonds is 4. The summed E-state index contributed by atoms with van der Waals surface area (Å²) in [7, 11) is 0. The van der Waals surface area contributed by atoms with Crippen LogP contribution in [0.3, 0.4) is 0 Å². The fourth-order valence-electron chi connectivity index (χ4n) is 1.26. The van der Waals surface area contributed by atoms with E-state index < -0.39 is 21.5 Å². The molecule has 0 radical (unpaired) electrons. The average molecular weight is 310 g/mol. The van der Waals surface area contributed by atoms with Gasteiger partial charge in [-0.1, -0.05) is 65.1 Å². The Hall–Kier alpha value is -0.970. The summed E-state index contributed by atoms with van der Waals surface area (Å²) in [5.41, 5.74) is 5.91. The van der Waals surface area contributed by atoms with Crippen molar-refractivity contribution in [2.75, 3.05) is 0 Å². The number of hydrogen-bond acceptors (Lipinski definition) is 3. The fourth-order valence-corrected chi connectivity index (χ4v) is 1.88. The van der Waals surface area contributed by atoms with Gasteiger partial charge in [0.1, 0.15) is 6.61 Å². The van der Waals surface area contributed by atoms with Crippen molar-refractivity contribution in [3.05, 3.63) is 35.9 Å². The molecular formula is C11H11Cl3N2O2. The van der Waals surface area contributed by atoms with Gasteiger partial charge in [-0.15, -0.1) is 0 Å². The van der Waals surface area contributed by atoms with Crippen molar-refractivity contribution in [2.24, 2.45) is 11.7 Å². The zero-order valence-electron chi connectivity index (χ0n) is 9.20. The van der Waals surface area contributed by atoms with Gasteiger partial charge >= 0.3 is 0 Å². The van der Waals surface area contributed by atoms with Crippen LogP contribution in [-0.4, -0.2) is 15.6 Å². The molecule has 0 aromatic heterocycles. The molecule has 0 aliphatic rings. The van der Waals surface area contributed by atoms with E-state index in [0.29, 0.717) is 0 Å². The zero-order valence-corrected chi connectivity index (χ0v) is 11.5. The first kappa shape index (κ1) is 15.1. The van der Waals surface area contributed by atoms with Crippen LogP contribution in [0.15, 0.2) is 30.3 Å². The van der Waals surface area contributed by atoms with Gasteiger partial charge in [0.25, 0.3) is 0 Å². The summed E-state index contributed by atoms with van der Waals surface area (Å²) in [6, 6.07) is 9.11. The number of nitrogens with one attached hydrogen (secondary N) is 1. The lowest BCUT2D eigenvalue weighted by molar-refractivity contribution is -0.120. The first-order valence-corrected chi connectivity index (χ1v) is 6.07. The van der Waals surface area contributed by atoms with E-state index in [2.05, 4.69) is 0 Å². The third kappa shape index (κ3) is 4.37. The predicted molar refractivity (Wildman–Crippen MR) is 71.9 cm³/mol. The van der Waals surface area contributed by atoms with E-state index in [1.54, 1.807) is 0 Å². The molecule has 7 heteroatoms. The Morgan fingerprint density at radius 1 is 1.33 bits per heavy atom. The topological polar surface area (TPSA) is 76.2 Å². The van der Waals surface area contributed by atoms with E-state index in [4.69, 9.17) is 50.7 Å². The van der Waals surface area contributed by atoms with Crippen LogP contribution in [0, 0.1) is 11.3 Å². The quantitative estimate of drug-likeness (QED) is 0.509. The molecule has 0 aliphatic heterocycles. The summed E-state index contributed by atoms with van der Waals surface area (Å²) in [5, 5.41) is 7.60. The zero-order chi connectivity index (χ0) is 13.8. The van der Waals surface area contributed by atoms with Crippen LogP contribution in [0.5, 0.6) is 0 Å². The molecule has 98 valence electrons. The van der Waals surface area contributed by atoms with Crippen molar-refractivity contribution in [2.45, 2.75) is 10.4 Å². The molecule has 1 amide bonds. The van der Waals surface area contributed by atoms with Gasteiger partial charge in [-0.2, -0.15) is 0 Å². The highest BCUT2D eigenvalue weighted by Gasteiger charge is 2.41. The molecule has 1 rings (SSSR count). The monoisotopic (exact) mass is 308 g/mol. The van der Waals surface area contributed by atoms with Crippen molar-refractivity contribution in [3.63, 3.8) is 0 Å². The molecule has 0 heterocycles. The molecule has 1 aromatic rings. The minimum absolute atomic E-state index is 0.101. The van der Waals surface area contributed by atoms with E-state index in [0.717, 1.165) is 5.56 Å². The van der Waals surface area contributed by atoms with Crippen molar-refractivity contribution in [1.82, 2.24) is 0 Å². The number of carbonyl (C=O) groups is 1. The Morgan fingerprint density at radius 3 is 2.33 bits per heavy atom. The maximum atomic E-state index is 11.1. The first-order chi connectivity index (χ1) is 8.32. The third-order valence-corrected chi connectivity index (χ3v) is 2.77. The van der Waals surface area contributed by atoms with Gasteiger partial charge in [-0.3, -0.25) is 10.2 Å². The molecule has 0 bridgehead atoms. The Morgan fingerprint density at radius 2 is 1.89 bits per heavy atom. The van der Waals surface area contributed by atoms with Crippen LogP contribution >= 0.6 is 34.8 Å². The third-order valence-electron chi connectivity index (χ3n) is 2.11. The maximum Gasteiger partial charge on any atom is 0.234 e. The Balaban J connectivity index is 2.67. The normalized spacial score (nSPS) is 12.8. The number of nitrogens with two attached hydrogens (primary N) is 1. The summed E-state index contributed by atoms with van der Waals surface area (Å²) in [6.07, 6.45) is 0. The minimum atomic E-state index is -2.00. The lowest BCUT2D eigenvalue weighted by Crippen LogP contribution is -2.40. The van der Waals surface area contributed by atoms with Gasteiger partial charge < -0.3 is 10.5 Å². The molecule has 4 nitrogen and oxygen atoms in total. The summed E-state index contributed by atoms with van der Waals surface area (Å²) < 4.78 is 3.11. The van der Waals surface area contributed by atoms with Crippen molar-refractivity contribution in [3.8, 4) is 0 Å². The van der Waals surface area contributed by atoms with Gasteiger partial charge in [0.15, 0.2) is 11.8 Å². The van der Waals surface area contributed by atoms with Gasteiger partial charge in [0, 0.05) is 0 Å². The van der Waals surface area contributed by atoms with Crippen LogP contribution in [0.1, 0.15) is 5.56 Å². The van der Waals surface area contributed by atoms with E-state index in [1.807, 2.05) is 30.3 Å². The predicted octanol–water partition coefficient (Wildman–Crippen LogP) is 2.65. The molecule has 1 atom stereocenters. The van der Waals surface area contributed by atoms with E-state index >= 15 is 0 Å². The number of amides is 1. The van der Waals surface area contributed by atoms with Crippen LogP contribution in [0.4, 0.5) is 0 Å². The number of carbonyl (C=O) groups excluding carboxylic acids is 1. The molecule has 3 N–H and O–H groups in total. The summed E-state index contributed by atoms with van der Waals surface area (Å²) in [4.78, 5) is 11.1. The van der Waals surface area contributed by atoms with Crippen LogP contribution < -0.4 is 5.73 Å². The smallest absolute Gasteiger partial charge is 0.234 e. The molecule has 1 unspecified atom stereocenters. The van der Waals surface area contributed by atoms with Gasteiger partial charge in [-0.05, 0) is 5.56 Å². The minimum Gasteiger partial charge on any atom is -0.476 e. The molecule has 0 fully saturated rings. The second-order valence-electron chi connectivity index (χ2n) is 3.52. The lowest BCUT2D eigenvalue weighted by Gasteiger charge is -2.21. The number of alkyl halides is 3. The van der Waals surface area contributed by atoms with Crippen LogP contribution in [0.2, 0.25) is 0 Å². The van der Waals surface area contributed by atoms with E-state index in [9.17, 15) is 4.79 Å². The maximum absolute atomic E-state index is 11.1. The summed E-state index contributed by atoms with van der Waals surface area (Å²) in [6.45, 7) is 0.101. The standard InChI is InChI=1S/C11H11Cl3N2O2/c12-11(13,14)8(9(15)17)10(16)18-6-7-4-2-1-3-5-7/h1-5,8,16H,6H2,(H2,15,17). The van der Waals surface area contributed by atoms with E-state index in [-0.39, 0.29) is 6.61 Å². The Kier molecular flexibility index (Phi) is 5.26. The number of primary amides is 1. The van der Waals surface area contributed by atoms with Gasteiger partial charge in [0.05, 0.1) is 0 Å². The Labute approximate surface area is 119 Å². The summed E-state index contributed by atoms with van der Waals surface area (Å²) in [5.74, 6) is -2.80. The second kappa shape index (κ2) is 6.27. The molecular weight excluding hydrogens is 298 g/mol. The fraction of sp³-hybridized carbons (Fsp3) is 0.273. The highest BCUT2D eigenvalue weighted by atomic mass is 35.6. The van der Waals surface area contributed by atoms with Crippen molar-refractivity contribution >= 4 is 46.6 Å². The largest absolute Gasteiger partial charge is 0.476 e. The average Bonchev–Trinajstić information content (AvgIpc) is 2.25. The molecule has 0 spiro atoms. The molecule has 0 saturated carbocycles. The number of benzene rings is 1. The number of ether oxygens (including phenoxy) is 1. The Bertz CT molecular complexity index is 432. The molecule has 0 saturated heterocycles. The molecule has 18 heavy (non-hydrogen) atoms. The highest BCUT2D eigenvalue weighted by Crippen LogP contribution is 2.35. The van der Waals surface area contributed by atoms with Crippen molar-refractivity contribution in [1.29, 1.82) is 5.41 Å². The van der Waals surface area contributed by atoms with Gasteiger partial charge in [-0.25, -0.2) is 0 Å².